The topological polar surface area (TPSA) is 48.9 Å². The highest BCUT2D eigenvalue weighted by Crippen LogP contribution is 2.24. The highest BCUT2D eigenvalue weighted by atomic mass is 16.5. The fraction of sp³-hybridized carbons (Fsp3) is 0.696. The Kier molecular flexibility index (Phi) is 8.77. The molecule has 0 bridgehead atoms. The molecule has 5 nitrogen and oxygen atoms in total. The Hall–Kier alpha value is -1.59. The third kappa shape index (κ3) is 6.78. The zero-order valence-corrected chi connectivity index (χ0v) is 18.7. The van der Waals surface area contributed by atoms with Crippen LogP contribution < -0.4 is 10.6 Å². The average Bonchev–Trinajstić information content (AvgIpc) is 2.68. The molecule has 0 aliphatic carbocycles. The third-order valence-corrected chi connectivity index (χ3v) is 5.71. The van der Waals surface area contributed by atoms with Crippen LogP contribution in [-0.2, 0) is 4.74 Å². The van der Waals surface area contributed by atoms with Gasteiger partial charge in [-0.25, -0.2) is 0 Å². The molecule has 28 heavy (non-hydrogen) atoms. The normalized spacial score (nSPS) is 19.3. The number of hydrogen-bond acceptors (Lipinski definition) is 3. The van der Waals surface area contributed by atoms with E-state index in [0.29, 0.717) is 18.6 Å². The van der Waals surface area contributed by atoms with Crippen LogP contribution in [0, 0.1) is 5.41 Å². The molecule has 1 fully saturated rings. The lowest BCUT2D eigenvalue weighted by molar-refractivity contribution is 0.0241. The molecule has 158 valence electrons. The van der Waals surface area contributed by atoms with Crippen LogP contribution in [0.1, 0.15) is 59.1 Å². The third-order valence-electron chi connectivity index (χ3n) is 5.71. The van der Waals surface area contributed by atoms with Crippen LogP contribution in [0.5, 0.6) is 0 Å². The number of nitrogens with one attached hydrogen (secondary N) is 2. The maximum atomic E-state index is 5.65. The summed E-state index contributed by atoms with van der Waals surface area (Å²) in [4.78, 5) is 7.38. The largest absolute Gasteiger partial charge is 0.379 e. The van der Waals surface area contributed by atoms with E-state index in [4.69, 9.17) is 9.73 Å². The number of rotatable bonds is 7. The van der Waals surface area contributed by atoms with E-state index in [2.05, 4.69) is 80.5 Å². The maximum Gasteiger partial charge on any atom is 0.191 e. The van der Waals surface area contributed by atoms with Crippen LogP contribution in [0.25, 0.3) is 0 Å². The van der Waals surface area contributed by atoms with E-state index < -0.39 is 0 Å². The number of guanidine groups is 1. The summed E-state index contributed by atoms with van der Waals surface area (Å²) in [5, 5.41) is 7.03. The first-order valence-corrected chi connectivity index (χ1v) is 10.7. The minimum Gasteiger partial charge on any atom is -0.379 e. The van der Waals surface area contributed by atoms with Gasteiger partial charge >= 0.3 is 0 Å². The zero-order valence-electron chi connectivity index (χ0n) is 18.7. The molecule has 2 rings (SSSR count). The van der Waals surface area contributed by atoms with Crippen molar-refractivity contribution in [3.05, 3.63) is 35.9 Å². The Morgan fingerprint density at radius 1 is 1.21 bits per heavy atom. The molecule has 1 aliphatic rings. The Bertz CT molecular complexity index is 588. The number of ether oxygens (including phenoxy) is 1. The number of benzene rings is 1. The molecule has 0 saturated carbocycles. The van der Waals surface area contributed by atoms with Crippen LogP contribution >= 0.6 is 0 Å². The Morgan fingerprint density at radius 3 is 2.39 bits per heavy atom. The van der Waals surface area contributed by atoms with Gasteiger partial charge in [0.2, 0.25) is 0 Å². The standard InChI is InChI=1S/C23H40N4O/c1-7-24-22(25-17-21(28-6)23(3,4)5)26-20-13-15-27(16-14-20)18(2)19-11-9-8-10-12-19/h8-12,18,20-21H,7,13-17H2,1-6H3,(H2,24,25,26). The number of likely N-dealkylation sites (tertiary alicyclic amines) is 1. The van der Waals surface area contributed by atoms with Crippen LogP contribution in [-0.4, -0.2) is 56.3 Å². The van der Waals surface area contributed by atoms with E-state index in [-0.39, 0.29) is 11.5 Å². The number of nitrogens with zero attached hydrogens (tertiary/aromatic N) is 2. The van der Waals surface area contributed by atoms with Gasteiger partial charge < -0.3 is 15.4 Å². The highest BCUT2D eigenvalue weighted by molar-refractivity contribution is 5.80. The van der Waals surface area contributed by atoms with Gasteiger partial charge in [0.25, 0.3) is 0 Å². The first-order valence-electron chi connectivity index (χ1n) is 10.7. The zero-order chi connectivity index (χ0) is 20.6. The molecule has 0 aromatic heterocycles. The van der Waals surface area contributed by atoms with Gasteiger partial charge in [-0.1, -0.05) is 51.1 Å². The van der Waals surface area contributed by atoms with E-state index >= 15 is 0 Å². The van der Waals surface area contributed by atoms with E-state index in [1.807, 2.05) is 0 Å². The molecule has 1 aromatic carbocycles. The van der Waals surface area contributed by atoms with Crippen LogP contribution in [0.3, 0.4) is 0 Å². The molecular formula is C23H40N4O. The Balaban J connectivity index is 1.88. The van der Waals surface area contributed by atoms with E-state index in [0.717, 1.165) is 38.4 Å². The molecule has 1 aliphatic heterocycles. The number of piperidine rings is 1. The maximum absolute atomic E-state index is 5.65. The fourth-order valence-electron chi connectivity index (χ4n) is 3.76. The van der Waals surface area contributed by atoms with Gasteiger partial charge in [0.05, 0.1) is 12.6 Å². The second kappa shape index (κ2) is 10.8. The molecule has 2 atom stereocenters. The minimum absolute atomic E-state index is 0.0779. The molecule has 2 unspecified atom stereocenters. The molecule has 2 N–H and O–H groups in total. The first-order chi connectivity index (χ1) is 13.3. The summed E-state index contributed by atoms with van der Waals surface area (Å²) >= 11 is 0. The Morgan fingerprint density at radius 2 is 1.86 bits per heavy atom. The van der Waals surface area contributed by atoms with Crippen LogP contribution in [0.2, 0.25) is 0 Å². The van der Waals surface area contributed by atoms with E-state index in [1.165, 1.54) is 5.56 Å². The van der Waals surface area contributed by atoms with Gasteiger partial charge in [-0.05, 0) is 37.7 Å². The summed E-state index contributed by atoms with van der Waals surface area (Å²) in [5.41, 5.74) is 1.48. The van der Waals surface area contributed by atoms with Crippen molar-refractivity contribution in [2.24, 2.45) is 10.4 Å². The van der Waals surface area contributed by atoms with E-state index in [1.54, 1.807) is 7.11 Å². The monoisotopic (exact) mass is 388 g/mol. The van der Waals surface area contributed by atoms with Crippen molar-refractivity contribution in [1.29, 1.82) is 0 Å². The Labute approximate surface area is 171 Å². The molecule has 0 radical (unpaired) electrons. The SMILES string of the molecule is CCNC(=NCC(OC)C(C)(C)C)NC1CCN(C(C)c2ccccc2)CC1. The lowest BCUT2D eigenvalue weighted by Crippen LogP contribution is -2.49. The van der Waals surface area contributed by atoms with Crippen molar-refractivity contribution >= 4 is 5.96 Å². The summed E-state index contributed by atoms with van der Waals surface area (Å²) in [6.45, 7) is 14.8. The predicted octanol–water partition coefficient (Wildman–Crippen LogP) is 3.83. The second-order valence-corrected chi connectivity index (χ2v) is 8.85. The highest BCUT2D eigenvalue weighted by Gasteiger charge is 2.26. The van der Waals surface area contributed by atoms with Crippen LogP contribution in [0.15, 0.2) is 35.3 Å². The second-order valence-electron chi connectivity index (χ2n) is 8.85. The summed E-state index contributed by atoms with van der Waals surface area (Å²) in [6, 6.07) is 11.7. The van der Waals surface area contributed by atoms with Crippen molar-refractivity contribution in [1.82, 2.24) is 15.5 Å². The number of hydrogen-bond donors (Lipinski definition) is 2. The van der Waals surface area contributed by atoms with Crippen molar-refractivity contribution in [2.45, 2.75) is 65.6 Å². The van der Waals surface area contributed by atoms with Gasteiger partial charge in [0.1, 0.15) is 0 Å². The van der Waals surface area contributed by atoms with Crippen LogP contribution in [0.4, 0.5) is 0 Å². The van der Waals surface area contributed by atoms with Crippen molar-refractivity contribution in [3.8, 4) is 0 Å². The minimum atomic E-state index is 0.0779. The van der Waals surface area contributed by atoms with Crippen molar-refractivity contribution in [2.75, 3.05) is 33.3 Å². The summed E-state index contributed by atoms with van der Waals surface area (Å²) in [7, 11) is 1.77. The summed E-state index contributed by atoms with van der Waals surface area (Å²) < 4.78 is 5.65. The predicted molar refractivity (Wildman–Crippen MR) is 119 cm³/mol. The number of methoxy groups -OCH3 is 1. The van der Waals surface area contributed by atoms with Gasteiger partial charge in [-0.2, -0.15) is 0 Å². The average molecular weight is 389 g/mol. The summed E-state index contributed by atoms with van der Waals surface area (Å²) in [5.74, 6) is 0.906. The molecule has 1 heterocycles. The van der Waals surface area contributed by atoms with Gasteiger partial charge in [-0.3, -0.25) is 9.89 Å². The van der Waals surface area contributed by atoms with Crippen molar-refractivity contribution < 1.29 is 4.74 Å². The van der Waals surface area contributed by atoms with Gasteiger partial charge in [-0.15, -0.1) is 0 Å². The van der Waals surface area contributed by atoms with Gasteiger partial charge in [0, 0.05) is 38.8 Å². The molecular weight excluding hydrogens is 348 g/mol. The molecule has 1 saturated heterocycles. The molecule has 0 amide bonds. The van der Waals surface area contributed by atoms with Gasteiger partial charge in [0.15, 0.2) is 5.96 Å². The first kappa shape index (κ1) is 22.7. The molecule has 5 heteroatoms. The summed E-state index contributed by atoms with van der Waals surface area (Å²) in [6.07, 6.45) is 2.37. The molecule has 1 aromatic rings. The fourth-order valence-corrected chi connectivity index (χ4v) is 3.76. The quantitative estimate of drug-likeness (QED) is 0.551. The lowest BCUT2D eigenvalue weighted by Gasteiger charge is -2.37. The van der Waals surface area contributed by atoms with Crippen molar-refractivity contribution in [3.63, 3.8) is 0 Å². The number of aliphatic imine (C=N–C) groups is 1. The smallest absolute Gasteiger partial charge is 0.191 e. The van der Waals surface area contributed by atoms with E-state index in [9.17, 15) is 0 Å². The lowest BCUT2D eigenvalue weighted by atomic mass is 9.89. The molecule has 0 spiro atoms.